The average Bonchev–Trinajstić information content (AvgIpc) is 3.04. The molecule has 1 atom stereocenters. The van der Waals surface area contributed by atoms with Crippen LogP contribution in [-0.4, -0.2) is 30.7 Å². The molecule has 4 heteroatoms. The molecule has 116 valence electrons. The molecule has 1 saturated heterocycles. The maximum absolute atomic E-state index is 5.68. The van der Waals surface area contributed by atoms with Crippen molar-refractivity contribution in [3.05, 3.63) is 54.2 Å². The second kappa shape index (κ2) is 7.27. The van der Waals surface area contributed by atoms with Gasteiger partial charge in [0.1, 0.15) is 11.6 Å². The van der Waals surface area contributed by atoms with Crippen LogP contribution in [0.1, 0.15) is 18.9 Å². The Morgan fingerprint density at radius 2 is 2.09 bits per heavy atom. The number of pyridine rings is 1. The Bertz CT molecular complexity index is 588. The molecule has 0 saturated carbocycles. The number of rotatable bonds is 6. The molecule has 4 nitrogen and oxygen atoms in total. The number of aromatic nitrogens is 1. The van der Waals surface area contributed by atoms with Gasteiger partial charge in [0.05, 0.1) is 6.61 Å². The molecule has 0 amide bonds. The molecule has 0 unspecified atom stereocenters. The quantitative estimate of drug-likeness (QED) is 0.889. The smallest absolute Gasteiger partial charge is 0.128 e. The third-order valence-electron chi connectivity index (χ3n) is 4.02. The summed E-state index contributed by atoms with van der Waals surface area (Å²) >= 11 is 0. The molecule has 0 aliphatic carbocycles. The van der Waals surface area contributed by atoms with Crippen LogP contribution in [0.2, 0.25) is 0 Å². The van der Waals surface area contributed by atoms with Crippen LogP contribution < -0.4 is 15.0 Å². The topological polar surface area (TPSA) is 37.4 Å². The summed E-state index contributed by atoms with van der Waals surface area (Å²) in [6.07, 6.45) is 3.00. The number of nitrogens with zero attached hydrogens (tertiary/aromatic N) is 2. The van der Waals surface area contributed by atoms with Crippen LogP contribution in [0.4, 0.5) is 5.82 Å². The predicted octanol–water partition coefficient (Wildman–Crippen LogP) is 2.85. The molecule has 1 aliphatic rings. The van der Waals surface area contributed by atoms with Crippen LogP contribution in [0.5, 0.6) is 5.75 Å². The van der Waals surface area contributed by atoms with Gasteiger partial charge < -0.3 is 15.0 Å². The van der Waals surface area contributed by atoms with Gasteiger partial charge in [-0.3, -0.25) is 0 Å². The monoisotopic (exact) mass is 297 g/mol. The largest absolute Gasteiger partial charge is 0.494 e. The highest BCUT2D eigenvalue weighted by atomic mass is 16.5. The zero-order chi connectivity index (χ0) is 15.2. The fourth-order valence-electron chi connectivity index (χ4n) is 2.88. The Hall–Kier alpha value is -2.07. The van der Waals surface area contributed by atoms with E-state index >= 15 is 0 Å². The summed E-state index contributed by atoms with van der Waals surface area (Å²) in [7, 11) is 0. The number of hydrogen-bond acceptors (Lipinski definition) is 4. The standard InChI is InChI=1S/C18H23N3O/c1-2-22-17-8-4-3-7-15(17)13-20-16-10-12-21(14-16)18-9-5-6-11-19-18/h3-9,11,16,20H,2,10,12-14H2,1H3/t16-/m1/s1. The van der Waals surface area contributed by atoms with E-state index in [1.165, 1.54) is 5.56 Å². The highest BCUT2D eigenvalue weighted by Crippen LogP contribution is 2.20. The van der Waals surface area contributed by atoms with Crippen molar-refractivity contribution in [3.63, 3.8) is 0 Å². The van der Waals surface area contributed by atoms with E-state index in [2.05, 4.69) is 33.4 Å². The summed E-state index contributed by atoms with van der Waals surface area (Å²) in [5.41, 5.74) is 1.22. The molecule has 3 rings (SSSR count). The number of hydrogen-bond donors (Lipinski definition) is 1. The van der Waals surface area contributed by atoms with E-state index in [0.717, 1.165) is 37.6 Å². The van der Waals surface area contributed by atoms with Crippen molar-refractivity contribution in [2.24, 2.45) is 0 Å². The molecule has 1 aromatic heterocycles. The predicted molar refractivity (Wildman–Crippen MR) is 89.3 cm³/mol. The number of nitrogens with one attached hydrogen (secondary N) is 1. The van der Waals surface area contributed by atoms with Gasteiger partial charge in [0.15, 0.2) is 0 Å². The maximum Gasteiger partial charge on any atom is 0.128 e. The van der Waals surface area contributed by atoms with Gasteiger partial charge in [-0.05, 0) is 31.5 Å². The van der Waals surface area contributed by atoms with E-state index in [0.29, 0.717) is 12.6 Å². The van der Waals surface area contributed by atoms with Crippen LogP contribution >= 0.6 is 0 Å². The normalized spacial score (nSPS) is 17.7. The van der Waals surface area contributed by atoms with Crippen LogP contribution in [0.15, 0.2) is 48.7 Å². The van der Waals surface area contributed by atoms with E-state index in [1.54, 1.807) is 0 Å². The Morgan fingerprint density at radius 1 is 1.23 bits per heavy atom. The van der Waals surface area contributed by atoms with E-state index in [4.69, 9.17) is 4.74 Å². The molecular formula is C18H23N3O. The van der Waals surface area contributed by atoms with Gasteiger partial charge >= 0.3 is 0 Å². The van der Waals surface area contributed by atoms with Crippen molar-refractivity contribution in [2.45, 2.75) is 25.9 Å². The van der Waals surface area contributed by atoms with Gasteiger partial charge in [-0.2, -0.15) is 0 Å². The van der Waals surface area contributed by atoms with Crippen molar-refractivity contribution < 1.29 is 4.74 Å². The molecule has 2 heterocycles. The van der Waals surface area contributed by atoms with E-state index in [-0.39, 0.29) is 0 Å². The summed E-state index contributed by atoms with van der Waals surface area (Å²) in [5.74, 6) is 2.05. The Morgan fingerprint density at radius 3 is 2.91 bits per heavy atom. The summed E-state index contributed by atoms with van der Waals surface area (Å²) < 4.78 is 5.68. The minimum atomic E-state index is 0.497. The van der Waals surface area contributed by atoms with Gasteiger partial charge in [0, 0.05) is 37.4 Å². The highest BCUT2D eigenvalue weighted by molar-refractivity contribution is 5.39. The maximum atomic E-state index is 5.68. The van der Waals surface area contributed by atoms with Crippen LogP contribution in [0.25, 0.3) is 0 Å². The van der Waals surface area contributed by atoms with E-state index in [1.807, 2.05) is 37.4 Å². The SMILES string of the molecule is CCOc1ccccc1CN[C@@H]1CCN(c2ccccn2)C1. The summed E-state index contributed by atoms with van der Waals surface area (Å²) in [6, 6.07) is 14.8. The molecule has 1 N–H and O–H groups in total. The molecule has 2 aromatic rings. The van der Waals surface area contributed by atoms with Gasteiger partial charge in [-0.1, -0.05) is 24.3 Å². The molecule has 0 radical (unpaired) electrons. The van der Waals surface area contributed by atoms with Crippen molar-refractivity contribution >= 4 is 5.82 Å². The lowest BCUT2D eigenvalue weighted by atomic mass is 10.2. The minimum absolute atomic E-state index is 0.497. The van der Waals surface area contributed by atoms with Gasteiger partial charge in [-0.15, -0.1) is 0 Å². The van der Waals surface area contributed by atoms with Gasteiger partial charge in [-0.25, -0.2) is 4.98 Å². The zero-order valence-corrected chi connectivity index (χ0v) is 13.0. The number of anilines is 1. The second-order valence-electron chi connectivity index (χ2n) is 5.54. The summed E-state index contributed by atoms with van der Waals surface area (Å²) in [5, 5.41) is 3.65. The fraction of sp³-hybridized carbons (Fsp3) is 0.389. The van der Waals surface area contributed by atoms with Crippen molar-refractivity contribution in [1.29, 1.82) is 0 Å². The van der Waals surface area contributed by atoms with E-state index < -0.39 is 0 Å². The first-order valence-corrected chi connectivity index (χ1v) is 7.97. The summed E-state index contributed by atoms with van der Waals surface area (Å²) in [6.45, 7) is 5.63. The first-order chi connectivity index (χ1) is 10.9. The molecule has 0 spiro atoms. The molecule has 1 aliphatic heterocycles. The zero-order valence-electron chi connectivity index (χ0n) is 13.0. The average molecular weight is 297 g/mol. The lowest BCUT2D eigenvalue weighted by molar-refractivity contribution is 0.335. The molecule has 22 heavy (non-hydrogen) atoms. The van der Waals surface area contributed by atoms with E-state index in [9.17, 15) is 0 Å². The first kappa shape index (κ1) is 14.9. The third kappa shape index (κ3) is 3.57. The first-order valence-electron chi connectivity index (χ1n) is 7.97. The summed E-state index contributed by atoms with van der Waals surface area (Å²) in [4.78, 5) is 6.77. The van der Waals surface area contributed by atoms with Crippen LogP contribution in [-0.2, 0) is 6.54 Å². The molecule has 0 bridgehead atoms. The molecular weight excluding hydrogens is 274 g/mol. The van der Waals surface area contributed by atoms with Gasteiger partial charge in [0.2, 0.25) is 0 Å². The Labute approximate surface area is 132 Å². The number of para-hydroxylation sites is 1. The molecule has 1 fully saturated rings. The molecule has 1 aromatic carbocycles. The van der Waals surface area contributed by atoms with Crippen LogP contribution in [0.3, 0.4) is 0 Å². The van der Waals surface area contributed by atoms with Crippen molar-refractivity contribution in [1.82, 2.24) is 10.3 Å². The third-order valence-corrected chi connectivity index (χ3v) is 4.02. The van der Waals surface area contributed by atoms with Gasteiger partial charge in [0.25, 0.3) is 0 Å². The second-order valence-corrected chi connectivity index (χ2v) is 5.54. The van der Waals surface area contributed by atoms with Crippen molar-refractivity contribution in [3.8, 4) is 5.75 Å². The number of ether oxygens (including phenoxy) is 1. The minimum Gasteiger partial charge on any atom is -0.494 e. The van der Waals surface area contributed by atoms with Crippen LogP contribution in [0, 0.1) is 0 Å². The Kier molecular flexibility index (Phi) is 4.91. The number of benzene rings is 1. The highest BCUT2D eigenvalue weighted by Gasteiger charge is 2.22. The Balaban J connectivity index is 1.55. The lowest BCUT2D eigenvalue weighted by Crippen LogP contribution is -2.32. The lowest BCUT2D eigenvalue weighted by Gasteiger charge is -2.18. The van der Waals surface area contributed by atoms with Crippen molar-refractivity contribution in [2.75, 3.05) is 24.6 Å². The fourth-order valence-corrected chi connectivity index (χ4v) is 2.88.